The molecule has 4 nitrogen and oxygen atoms in total. The Morgan fingerprint density at radius 1 is 1.39 bits per heavy atom. The number of hydrogen-bond acceptors (Lipinski definition) is 3. The van der Waals surface area contributed by atoms with Crippen LogP contribution < -0.4 is 5.73 Å². The quantitative estimate of drug-likeness (QED) is 0.882. The van der Waals surface area contributed by atoms with E-state index < -0.39 is 0 Å². The molecule has 2 N–H and O–H groups in total. The molecule has 0 spiro atoms. The highest BCUT2D eigenvalue weighted by molar-refractivity contribution is 5.74. The van der Waals surface area contributed by atoms with Crippen molar-refractivity contribution < 1.29 is 0 Å². The lowest BCUT2D eigenvalue weighted by molar-refractivity contribution is 0.533. The van der Waals surface area contributed by atoms with E-state index in [0.29, 0.717) is 6.04 Å². The van der Waals surface area contributed by atoms with Crippen LogP contribution in [0, 0.1) is 0 Å². The first-order valence-electron chi connectivity index (χ1n) is 6.69. The van der Waals surface area contributed by atoms with Gasteiger partial charge < -0.3 is 10.3 Å². The molecule has 1 unspecified atom stereocenters. The van der Waals surface area contributed by atoms with Crippen LogP contribution in [0.2, 0.25) is 0 Å². The number of imidazole rings is 1. The largest absolute Gasteiger partial charge is 0.327 e. The average Bonchev–Trinajstić information content (AvgIpc) is 2.66. The molecule has 98 valence electrons. The Bertz CT molecular complexity index is 515. The maximum atomic E-state index is 6.14. The summed E-state index contributed by atoms with van der Waals surface area (Å²) < 4.78 is 2.27. The predicted octanol–water partition coefficient (Wildman–Crippen LogP) is 2.68. The highest BCUT2D eigenvalue weighted by Gasteiger charge is 2.15. The molecule has 2 aromatic heterocycles. The van der Waals surface area contributed by atoms with Crippen molar-refractivity contribution in [1.29, 1.82) is 0 Å². The van der Waals surface area contributed by atoms with Crippen LogP contribution >= 0.6 is 0 Å². The van der Waals surface area contributed by atoms with Gasteiger partial charge >= 0.3 is 0 Å². The molecule has 2 heterocycles. The second-order valence-corrected chi connectivity index (χ2v) is 5.11. The van der Waals surface area contributed by atoms with E-state index in [1.807, 2.05) is 18.5 Å². The van der Waals surface area contributed by atoms with Gasteiger partial charge in [0.05, 0.1) is 11.7 Å². The van der Waals surface area contributed by atoms with Crippen molar-refractivity contribution in [1.82, 2.24) is 14.5 Å². The lowest BCUT2D eigenvalue weighted by atomic mass is 10.1. The summed E-state index contributed by atoms with van der Waals surface area (Å²) in [4.78, 5) is 8.81. The lowest BCUT2D eigenvalue weighted by Crippen LogP contribution is -2.24. The van der Waals surface area contributed by atoms with Crippen molar-refractivity contribution in [2.24, 2.45) is 5.73 Å². The molecule has 0 bridgehead atoms. The molecule has 2 rings (SSSR count). The molecule has 1 atom stereocenters. The summed E-state index contributed by atoms with van der Waals surface area (Å²) >= 11 is 0. The van der Waals surface area contributed by atoms with E-state index in [1.54, 1.807) is 0 Å². The molecule has 0 aliphatic rings. The maximum Gasteiger partial charge on any atom is 0.111 e. The predicted molar refractivity (Wildman–Crippen MR) is 74.5 cm³/mol. The zero-order valence-corrected chi connectivity index (χ0v) is 11.4. The fraction of sp³-hybridized carbons (Fsp3) is 0.571. The molecule has 0 aliphatic carbocycles. The molecule has 4 heteroatoms. The zero-order chi connectivity index (χ0) is 13.1. The summed E-state index contributed by atoms with van der Waals surface area (Å²) in [5, 5.41) is 0. The van der Waals surface area contributed by atoms with E-state index in [0.717, 1.165) is 36.1 Å². The summed E-state index contributed by atoms with van der Waals surface area (Å²) in [6, 6.07) is 2.61. The van der Waals surface area contributed by atoms with Crippen LogP contribution in [0.5, 0.6) is 0 Å². The number of fused-ring (bicyclic) bond motifs is 1. The molecule has 0 fully saturated rings. The Labute approximate surface area is 108 Å². The van der Waals surface area contributed by atoms with Gasteiger partial charge in [0.15, 0.2) is 0 Å². The molecule has 2 aromatic rings. The Balaban J connectivity index is 2.39. The third-order valence-corrected chi connectivity index (χ3v) is 3.19. The summed E-state index contributed by atoms with van der Waals surface area (Å²) in [5.41, 5.74) is 8.25. The van der Waals surface area contributed by atoms with Gasteiger partial charge in [-0.25, -0.2) is 4.98 Å². The van der Waals surface area contributed by atoms with Crippen molar-refractivity contribution in [3.63, 3.8) is 0 Å². The van der Waals surface area contributed by atoms with Crippen LogP contribution in [0.1, 0.15) is 45.5 Å². The van der Waals surface area contributed by atoms with Crippen molar-refractivity contribution in [3.8, 4) is 0 Å². The van der Waals surface area contributed by atoms with Gasteiger partial charge in [-0.15, -0.1) is 0 Å². The standard InChI is InChI=1S/C14H22N4/c1-4-5-11(15)8-14-17-12-9-16-7-6-13(12)18(14)10(2)3/h6-7,9-11H,4-5,8,15H2,1-3H3. The number of rotatable bonds is 5. The second kappa shape index (κ2) is 5.48. The van der Waals surface area contributed by atoms with Crippen molar-refractivity contribution in [2.75, 3.05) is 0 Å². The van der Waals surface area contributed by atoms with Crippen LogP contribution in [0.25, 0.3) is 11.0 Å². The Morgan fingerprint density at radius 2 is 2.17 bits per heavy atom. The van der Waals surface area contributed by atoms with Gasteiger partial charge in [-0.05, 0) is 26.3 Å². The highest BCUT2D eigenvalue weighted by atomic mass is 15.1. The normalized spacial score (nSPS) is 13.4. The second-order valence-electron chi connectivity index (χ2n) is 5.11. The zero-order valence-electron chi connectivity index (χ0n) is 11.4. The van der Waals surface area contributed by atoms with Crippen LogP contribution in [0.4, 0.5) is 0 Å². The maximum absolute atomic E-state index is 6.14. The van der Waals surface area contributed by atoms with Gasteiger partial charge in [-0.1, -0.05) is 13.3 Å². The van der Waals surface area contributed by atoms with Gasteiger partial charge in [0.1, 0.15) is 11.3 Å². The van der Waals surface area contributed by atoms with Crippen LogP contribution in [-0.2, 0) is 6.42 Å². The molecule has 0 saturated heterocycles. The number of pyridine rings is 1. The van der Waals surface area contributed by atoms with Gasteiger partial charge in [0.25, 0.3) is 0 Å². The number of aromatic nitrogens is 3. The summed E-state index contributed by atoms with van der Waals surface area (Å²) in [5.74, 6) is 1.08. The molecule has 0 aromatic carbocycles. The van der Waals surface area contributed by atoms with Gasteiger partial charge in [0, 0.05) is 24.7 Å². The van der Waals surface area contributed by atoms with Gasteiger partial charge in [-0.3, -0.25) is 4.98 Å². The minimum atomic E-state index is 0.192. The minimum absolute atomic E-state index is 0.192. The number of nitrogens with zero attached hydrogens (tertiary/aromatic N) is 3. The van der Waals surface area contributed by atoms with E-state index >= 15 is 0 Å². The van der Waals surface area contributed by atoms with Crippen molar-refractivity contribution in [2.45, 2.75) is 52.1 Å². The van der Waals surface area contributed by atoms with Crippen molar-refractivity contribution in [3.05, 3.63) is 24.3 Å². The Morgan fingerprint density at radius 3 is 2.83 bits per heavy atom. The molecular formula is C14H22N4. The Kier molecular flexibility index (Phi) is 3.97. The number of hydrogen-bond donors (Lipinski definition) is 1. The van der Waals surface area contributed by atoms with Gasteiger partial charge in [-0.2, -0.15) is 0 Å². The van der Waals surface area contributed by atoms with E-state index in [9.17, 15) is 0 Å². The first kappa shape index (κ1) is 13.0. The molecule has 0 amide bonds. The number of nitrogens with two attached hydrogens (primary N) is 1. The topological polar surface area (TPSA) is 56.7 Å². The first-order chi connectivity index (χ1) is 8.63. The van der Waals surface area contributed by atoms with E-state index in [4.69, 9.17) is 5.73 Å². The first-order valence-corrected chi connectivity index (χ1v) is 6.69. The van der Waals surface area contributed by atoms with E-state index in [-0.39, 0.29) is 6.04 Å². The smallest absolute Gasteiger partial charge is 0.111 e. The summed E-state index contributed by atoms with van der Waals surface area (Å²) in [7, 11) is 0. The van der Waals surface area contributed by atoms with Crippen LogP contribution in [-0.4, -0.2) is 20.6 Å². The Hall–Kier alpha value is -1.42. The van der Waals surface area contributed by atoms with Crippen LogP contribution in [0.15, 0.2) is 18.5 Å². The third-order valence-electron chi connectivity index (χ3n) is 3.19. The molecule has 0 radical (unpaired) electrons. The minimum Gasteiger partial charge on any atom is -0.327 e. The molecular weight excluding hydrogens is 224 g/mol. The monoisotopic (exact) mass is 246 g/mol. The van der Waals surface area contributed by atoms with Gasteiger partial charge in [0.2, 0.25) is 0 Å². The SMILES string of the molecule is CCCC(N)Cc1nc2cnccc2n1C(C)C. The highest BCUT2D eigenvalue weighted by Crippen LogP contribution is 2.21. The van der Waals surface area contributed by atoms with Crippen LogP contribution in [0.3, 0.4) is 0 Å². The fourth-order valence-electron chi connectivity index (χ4n) is 2.43. The molecule has 0 saturated carbocycles. The molecule has 18 heavy (non-hydrogen) atoms. The lowest BCUT2D eigenvalue weighted by Gasteiger charge is -2.15. The fourth-order valence-corrected chi connectivity index (χ4v) is 2.43. The summed E-state index contributed by atoms with van der Waals surface area (Å²) in [6.45, 7) is 6.52. The third kappa shape index (κ3) is 2.53. The summed E-state index contributed by atoms with van der Waals surface area (Å²) in [6.07, 6.45) is 6.63. The average molecular weight is 246 g/mol. The van der Waals surface area contributed by atoms with E-state index in [1.165, 1.54) is 0 Å². The van der Waals surface area contributed by atoms with Crippen molar-refractivity contribution >= 4 is 11.0 Å². The van der Waals surface area contributed by atoms with E-state index in [2.05, 4.69) is 35.3 Å². The molecule has 0 aliphatic heterocycles.